The first-order chi connectivity index (χ1) is 7.20. The zero-order valence-corrected chi connectivity index (χ0v) is 8.94. The number of phenolic OH excluding ortho intramolecular Hbond substituents is 1. The van der Waals surface area contributed by atoms with Gasteiger partial charge in [0, 0.05) is 24.5 Å². The number of benzene rings is 1. The first-order valence-electron chi connectivity index (χ1n) is 4.86. The lowest BCUT2D eigenvalue weighted by Crippen LogP contribution is -2.24. The van der Waals surface area contributed by atoms with Crippen molar-refractivity contribution in [1.82, 2.24) is 0 Å². The maximum Gasteiger partial charge on any atom is 0.227 e. The van der Waals surface area contributed by atoms with Crippen LogP contribution in [0.3, 0.4) is 0 Å². The Morgan fingerprint density at radius 3 is 2.60 bits per heavy atom. The monoisotopic (exact) mass is 225 g/mol. The fraction of sp³-hybridized carbons (Fsp3) is 0.364. The van der Waals surface area contributed by atoms with Gasteiger partial charge in [-0.25, -0.2) is 0 Å². The first kappa shape index (κ1) is 10.3. The molecule has 1 fully saturated rings. The topological polar surface area (TPSA) is 40.5 Å². The second-order valence-corrected chi connectivity index (χ2v) is 4.05. The molecule has 1 aliphatic heterocycles. The minimum absolute atomic E-state index is 0.103. The molecule has 1 aromatic rings. The Hall–Kier alpha value is -1.22. The summed E-state index contributed by atoms with van der Waals surface area (Å²) in [7, 11) is 0. The van der Waals surface area contributed by atoms with Gasteiger partial charge in [0.1, 0.15) is 5.75 Å². The summed E-state index contributed by atoms with van der Waals surface area (Å²) in [6, 6.07) is 6.64. The van der Waals surface area contributed by atoms with Crippen molar-refractivity contribution in [3.05, 3.63) is 24.3 Å². The van der Waals surface area contributed by atoms with Crippen LogP contribution >= 0.6 is 11.6 Å². The Kier molecular flexibility index (Phi) is 2.82. The van der Waals surface area contributed by atoms with E-state index in [0.29, 0.717) is 18.8 Å². The fourth-order valence-electron chi connectivity index (χ4n) is 1.77. The van der Waals surface area contributed by atoms with Crippen LogP contribution in [0.4, 0.5) is 5.69 Å². The number of alkyl halides is 1. The molecule has 1 amide bonds. The third kappa shape index (κ3) is 2.07. The molecular formula is C11H12ClNO2. The number of carbonyl (C=O) groups is 1. The second-order valence-electron chi connectivity index (χ2n) is 3.75. The highest BCUT2D eigenvalue weighted by Crippen LogP contribution is 2.26. The van der Waals surface area contributed by atoms with Gasteiger partial charge in [0.15, 0.2) is 0 Å². The van der Waals surface area contributed by atoms with Crippen LogP contribution in [0.1, 0.15) is 6.42 Å². The number of rotatable bonds is 2. The van der Waals surface area contributed by atoms with Gasteiger partial charge in [-0.1, -0.05) is 0 Å². The number of carbonyl (C=O) groups excluding carboxylic acids is 1. The van der Waals surface area contributed by atoms with Gasteiger partial charge in [-0.15, -0.1) is 11.6 Å². The number of phenols is 1. The number of anilines is 1. The molecule has 2 rings (SSSR count). The van der Waals surface area contributed by atoms with Crippen LogP contribution in [-0.2, 0) is 4.79 Å². The second kappa shape index (κ2) is 4.11. The van der Waals surface area contributed by atoms with E-state index in [0.717, 1.165) is 5.69 Å². The number of amides is 1. The van der Waals surface area contributed by atoms with Crippen molar-refractivity contribution in [3.8, 4) is 5.75 Å². The molecule has 0 spiro atoms. The van der Waals surface area contributed by atoms with Crippen LogP contribution in [-0.4, -0.2) is 23.4 Å². The molecule has 3 nitrogen and oxygen atoms in total. The summed E-state index contributed by atoms with van der Waals surface area (Å²) >= 11 is 5.73. The van der Waals surface area contributed by atoms with E-state index < -0.39 is 0 Å². The summed E-state index contributed by atoms with van der Waals surface area (Å²) in [6.45, 7) is 0.674. The summed E-state index contributed by atoms with van der Waals surface area (Å²) in [5.74, 6) is 1.07. The third-order valence-corrected chi connectivity index (χ3v) is 3.02. The third-order valence-electron chi connectivity index (χ3n) is 2.58. The Morgan fingerprint density at radius 2 is 2.07 bits per heavy atom. The van der Waals surface area contributed by atoms with E-state index in [1.54, 1.807) is 29.2 Å². The molecule has 0 saturated carbocycles. The van der Waals surface area contributed by atoms with Crippen LogP contribution in [0.5, 0.6) is 5.75 Å². The maximum absolute atomic E-state index is 11.6. The van der Waals surface area contributed by atoms with E-state index in [9.17, 15) is 4.79 Å². The number of aromatic hydroxyl groups is 1. The summed E-state index contributed by atoms with van der Waals surface area (Å²) in [4.78, 5) is 13.3. The minimum Gasteiger partial charge on any atom is -0.508 e. The largest absolute Gasteiger partial charge is 0.508 e. The Labute approximate surface area is 93.3 Å². The molecule has 1 aromatic carbocycles. The average Bonchev–Trinajstić information content (AvgIpc) is 2.61. The molecule has 1 atom stereocenters. The lowest BCUT2D eigenvalue weighted by molar-refractivity contribution is -0.117. The van der Waals surface area contributed by atoms with E-state index in [1.165, 1.54) is 0 Å². The van der Waals surface area contributed by atoms with E-state index in [4.69, 9.17) is 16.7 Å². The zero-order valence-electron chi connectivity index (χ0n) is 8.19. The Bertz CT molecular complexity index is 363. The Balaban J connectivity index is 2.18. The standard InChI is InChI=1S/C11H12ClNO2/c12-6-8-5-11(15)13(7-8)9-1-3-10(14)4-2-9/h1-4,8,14H,5-7H2. The summed E-state index contributed by atoms with van der Waals surface area (Å²) in [5, 5.41) is 9.14. The molecule has 1 aliphatic rings. The van der Waals surface area contributed by atoms with Crippen LogP contribution in [0.15, 0.2) is 24.3 Å². The molecule has 0 aromatic heterocycles. The van der Waals surface area contributed by atoms with Gasteiger partial charge in [-0.3, -0.25) is 4.79 Å². The van der Waals surface area contributed by atoms with Gasteiger partial charge in [-0.05, 0) is 30.2 Å². The number of nitrogens with zero attached hydrogens (tertiary/aromatic N) is 1. The van der Waals surface area contributed by atoms with Crippen LogP contribution in [0, 0.1) is 5.92 Å². The molecule has 1 N–H and O–H groups in total. The van der Waals surface area contributed by atoms with Gasteiger partial charge in [-0.2, -0.15) is 0 Å². The zero-order chi connectivity index (χ0) is 10.8. The molecule has 4 heteroatoms. The van der Waals surface area contributed by atoms with Gasteiger partial charge in [0.2, 0.25) is 5.91 Å². The van der Waals surface area contributed by atoms with Crippen molar-refractivity contribution in [1.29, 1.82) is 0 Å². The number of halogens is 1. The minimum atomic E-state index is 0.103. The van der Waals surface area contributed by atoms with Crippen LogP contribution in [0.25, 0.3) is 0 Å². The van der Waals surface area contributed by atoms with Crippen molar-refractivity contribution < 1.29 is 9.90 Å². The highest BCUT2D eigenvalue weighted by molar-refractivity contribution is 6.18. The van der Waals surface area contributed by atoms with Crippen molar-refractivity contribution in [3.63, 3.8) is 0 Å². The SMILES string of the molecule is O=C1CC(CCl)CN1c1ccc(O)cc1. The summed E-state index contributed by atoms with van der Waals surface area (Å²) in [5.41, 5.74) is 0.824. The molecule has 15 heavy (non-hydrogen) atoms. The highest BCUT2D eigenvalue weighted by Gasteiger charge is 2.29. The molecule has 1 heterocycles. The predicted octanol–water partition coefficient (Wildman–Crippen LogP) is 1.98. The number of hydrogen-bond acceptors (Lipinski definition) is 2. The van der Waals surface area contributed by atoms with E-state index in [2.05, 4.69) is 0 Å². The van der Waals surface area contributed by atoms with Crippen molar-refractivity contribution in [2.45, 2.75) is 6.42 Å². The van der Waals surface area contributed by atoms with E-state index in [-0.39, 0.29) is 17.6 Å². The van der Waals surface area contributed by atoms with Crippen molar-refractivity contribution >= 4 is 23.2 Å². The van der Waals surface area contributed by atoms with Gasteiger partial charge >= 0.3 is 0 Å². The normalized spacial score (nSPS) is 21.0. The van der Waals surface area contributed by atoms with Gasteiger partial charge < -0.3 is 10.0 Å². The van der Waals surface area contributed by atoms with Gasteiger partial charge in [0.25, 0.3) is 0 Å². The lowest BCUT2D eigenvalue weighted by atomic mass is 10.1. The van der Waals surface area contributed by atoms with E-state index in [1.807, 2.05) is 0 Å². The lowest BCUT2D eigenvalue weighted by Gasteiger charge is -2.16. The van der Waals surface area contributed by atoms with Gasteiger partial charge in [0.05, 0.1) is 0 Å². The fourth-order valence-corrected chi connectivity index (χ4v) is 1.97. The highest BCUT2D eigenvalue weighted by atomic mass is 35.5. The molecule has 1 unspecified atom stereocenters. The van der Waals surface area contributed by atoms with E-state index >= 15 is 0 Å². The molecule has 1 saturated heterocycles. The maximum atomic E-state index is 11.6. The average molecular weight is 226 g/mol. The smallest absolute Gasteiger partial charge is 0.227 e. The van der Waals surface area contributed by atoms with Crippen molar-refractivity contribution in [2.75, 3.05) is 17.3 Å². The quantitative estimate of drug-likeness (QED) is 0.782. The Morgan fingerprint density at radius 1 is 1.40 bits per heavy atom. The van der Waals surface area contributed by atoms with Crippen LogP contribution in [0.2, 0.25) is 0 Å². The van der Waals surface area contributed by atoms with Crippen molar-refractivity contribution in [2.24, 2.45) is 5.92 Å². The first-order valence-corrected chi connectivity index (χ1v) is 5.39. The molecular weight excluding hydrogens is 214 g/mol. The molecule has 0 bridgehead atoms. The summed E-state index contributed by atoms with van der Waals surface area (Å²) < 4.78 is 0. The summed E-state index contributed by atoms with van der Waals surface area (Å²) in [6.07, 6.45) is 0.518. The molecule has 0 radical (unpaired) electrons. The molecule has 0 aliphatic carbocycles. The number of hydrogen-bond donors (Lipinski definition) is 1. The predicted molar refractivity (Wildman–Crippen MR) is 59.3 cm³/mol. The molecule has 80 valence electrons. The van der Waals surface area contributed by atoms with Crippen LogP contribution < -0.4 is 4.90 Å².